The predicted molar refractivity (Wildman–Crippen MR) is 79.0 cm³/mol. The summed E-state index contributed by atoms with van der Waals surface area (Å²) in [5, 5.41) is 2.81. The Morgan fingerprint density at radius 2 is 2.00 bits per heavy atom. The standard InChI is InChI=1S/C15H25N3O/c1-10-6-11(2)17-13(7-10)18-14(19)8-12(16)9-15(3,4)5/h6-7,12H,8-9,16H2,1-5H3,(H,17,18,19). The lowest BCUT2D eigenvalue weighted by atomic mass is 9.87. The highest BCUT2D eigenvalue weighted by Gasteiger charge is 2.18. The van der Waals surface area contributed by atoms with Gasteiger partial charge in [0.2, 0.25) is 5.91 Å². The van der Waals surface area contributed by atoms with Crippen molar-refractivity contribution in [1.29, 1.82) is 0 Å². The van der Waals surface area contributed by atoms with Gasteiger partial charge in [0.15, 0.2) is 0 Å². The molecule has 0 saturated heterocycles. The van der Waals surface area contributed by atoms with Crippen LogP contribution >= 0.6 is 0 Å². The fourth-order valence-corrected chi connectivity index (χ4v) is 2.20. The van der Waals surface area contributed by atoms with Crippen LogP contribution < -0.4 is 11.1 Å². The zero-order valence-electron chi connectivity index (χ0n) is 12.6. The van der Waals surface area contributed by atoms with Gasteiger partial charge in [0.05, 0.1) is 0 Å². The van der Waals surface area contributed by atoms with Gasteiger partial charge in [0.1, 0.15) is 5.82 Å². The van der Waals surface area contributed by atoms with E-state index in [-0.39, 0.29) is 17.4 Å². The first-order valence-corrected chi connectivity index (χ1v) is 6.66. The molecule has 0 radical (unpaired) electrons. The maximum atomic E-state index is 11.9. The number of carbonyl (C=O) groups is 1. The van der Waals surface area contributed by atoms with Crippen molar-refractivity contribution in [3.05, 3.63) is 23.4 Å². The minimum Gasteiger partial charge on any atom is -0.327 e. The van der Waals surface area contributed by atoms with Crippen LogP contribution in [0.4, 0.5) is 5.82 Å². The molecular weight excluding hydrogens is 238 g/mol. The normalized spacial score (nSPS) is 13.2. The summed E-state index contributed by atoms with van der Waals surface area (Å²) in [7, 11) is 0. The van der Waals surface area contributed by atoms with E-state index in [9.17, 15) is 4.79 Å². The molecule has 1 unspecified atom stereocenters. The molecule has 1 heterocycles. The van der Waals surface area contributed by atoms with Crippen molar-refractivity contribution in [1.82, 2.24) is 4.98 Å². The lowest BCUT2D eigenvalue weighted by molar-refractivity contribution is -0.116. The monoisotopic (exact) mass is 263 g/mol. The number of carbonyl (C=O) groups excluding carboxylic acids is 1. The minimum absolute atomic E-state index is 0.0748. The third-order valence-electron chi connectivity index (χ3n) is 2.69. The first-order valence-electron chi connectivity index (χ1n) is 6.66. The number of nitrogens with one attached hydrogen (secondary N) is 1. The van der Waals surface area contributed by atoms with E-state index in [0.29, 0.717) is 12.2 Å². The van der Waals surface area contributed by atoms with E-state index in [1.165, 1.54) is 0 Å². The summed E-state index contributed by atoms with van der Waals surface area (Å²) in [4.78, 5) is 16.2. The molecule has 0 saturated carbocycles. The van der Waals surface area contributed by atoms with Gasteiger partial charge in [0, 0.05) is 18.2 Å². The van der Waals surface area contributed by atoms with Crippen LogP contribution in [0, 0.1) is 19.3 Å². The van der Waals surface area contributed by atoms with Gasteiger partial charge in [-0.25, -0.2) is 4.98 Å². The number of hydrogen-bond acceptors (Lipinski definition) is 3. The molecule has 1 atom stereocenters. The topological polar surface area (TPSA) is 68.0 Å². The smallest absolute Gasteiger partial charge is 0.227 e. The molecule has 0 fully saturated rings. The Balaban J connectivity index is 2.55. The molecule has 1 aromatic heterocycles. The van der Waals surface area contributed by atoms with Gasteiger partial charge < -0.3 is 11.1 Å². The van der Waals surface area contributed by atoms with Gasteiger partial charge in [-0.05, 0) is 43.4 Å². The van der Waals surface area contributed by atoms with Gasteiger partial charge in [-0.15, -0.1) is 0 Å². The number of amides is 1. The summed E-state index contributed by atoms with van der Waals surface area (Å²) in [6.07, 6.45) is 1.15. The fraction of sp³-hybridized carbons (Fsp3) is 0.600. The van der Waals surface area contributed by atoms with E-state index in [1.54, 1.807) is 0 Å². The molecule has 0 aromatic carbocycles. The summed E-state index contributed by atoms with van der Waals surface area (Å²) in [6.45, 7) is 10.3. The Morgan fingerprint density at radius 1 is 1.37 bits per heavy atom. The molecule has 0 aliphatic carbocycles. The van der Waals surface area contributed by atoms with Gasteiger partial charge in [-0.2, -0.15) is 0 Å². The number of pyridine rings is 1. The number of aryl methyl sites for hydroxylation is 2. The summed E-state index contributed by atoms with van der Waals surface area (Å²) in [6, 6.07) is 3.71. The van der Waals surface area contributed by atoms with E-state index < -0.39 is 0 Å². The van der Waals surface area contributed by atoms with Crippen molar-refractivity contribution < 1.29 is 4.79 Å². The number of nitrogens with two attached hydrogens (primary N) is 1. The van der Waals surface area contributed by atoms with E-state index >= 15 is 0 Å². The quantitative estimate of drug-likeness (QED) is 0.877. The van der Waals surface area contributed by atoms with Gasteiger partial charge in [-0.3, -0.25) is 4.79 Å². The van der Waals surface area contributed by atoms with Crippen molar-refractivity contribution in [2.75, 3.05) is 5.32 Å². The molecule has 4 heteroatoms. The average molecular weight is 263 g/mol. The van der Waals surface area contributed by atoms with Crippen LogP contribution in [0.25, 0.3) is 0 Å². The van der Waals surface area contributed by atoms with Crippen LogP contribution in [0.15, 0.2) is 12.1 Å². The molecule has 1 rings (SSSR count). The van der Waals surface area contributed by atoms with E-state index in [1.807, 2.05) is 26.0 Å². The number of nitrogens with zero attached hydrogens (tertiary/aromatic N) is 1. The zero-order valence-corrected chi connectivity index (χ0v) is 12.6. The summed E-state index contributed by atoms with van der Waals surface area (Å²) in [5.74, 6) is 0.528. The number of hydrogen-bond donors (Lipinski definition) is 2. The molecule has 19 heavy (non-hydrogen) atoms. The Hall–Kier alpha value is -1.42. The first kappa shape index (κ1) is 15.6. The summed E-state index contributed by atoms with van der Waals surface area (Å²) in [5.41, 5.74) is 8.11. The Labute approximate surface area is 115 Å². The average Bonchev–Trinajstić information content (AvgIpc) is 2.10. The molecule has 0 spiro atoms. The minimum atomic E-state index is -0.120. The lowest BCUT2D eigenvalue weighted by Gasteiger charge is -2.22. The molecule has 1 amide bonds. The van der Waals surface area contributed by atoms with Crippen LogP contribution in [0.5, 0.6) is 0 Å². The number of anilines is 1. The molecule has 0 aliphatic rings. The molecule has 1 aromatic rings. The van der Waals surface area contributed by atoms with Crippen LogP contribution in [0.3, 0.4) is 0 Å². The largest absolute Gasteiger partial charge is 0.327 e. The van der Waals surface area contributed by atoms with Crippen LogP contribution in [-0.4, -0.2) is 16.9 Å². The second kappa shape index (κ2) is 6.15. The third-order valence-corrected chi connectivity index (χ3v) is 2.69. The maximum absolute atomic E-state index is 11.9. The van der Waals surface area contributed by atoms with Crippen molar-refractivity contribution in [3.63, 3.8) is 0 Å². The number of rotatable bonds is 4. The van der Waals surface area contributed by atoms with E-state index in [2.05, 4.69) is 31.1 Å². The van der Waals surface area contributed by atoms with Crippen LogP contribution in [-0.2, 0) is 4.79 Å². The van der Waals surface area contributed by atoms with Crippen LogP contribution in [0.2, 0.25) is 0 Å². The molecule has 0 bridgehead atoms. The van der Waals surface area contributed by atoms with Crippen molar-refractivity contribution in [2.45, 2.75) is 53.5 Å². The summed E-state index contributed by atoms with van der Waals surface area (Å²) < 4.78 is 0. The Kier molecular flexibility index (Phi) is 5.06. The lowest BCUT2D eigenvalue weighted by Crippen LogP contribution is -2.31. The van der Waals surface area contributed by atoms with Crippen LogP contribution in [0.1, 0.15) is 44.9 Å². The second-order valence-corrected chi connectivity index (χ2v) is 6.45. The van der Waals surface area contributed by atoms with E-state index in [4.69, 9.17) is 5.73 Å². The molecule has 106 valence electrons. The maximum Gasteiger partial charge on any atom is 0.227 e. The van der Waals surface area contributed by atoms with Crippen molar-refractivity contribution in [2.24, 2.45) is 11.1 Å². The van der Waals surface area contributed by atoms with Gasteiger partial charge >= 0.3 is 0 Å². The highest BCUT2D eigenvalue weighted by atomic mass is 16.1. The zero-order chi connectivity index (χ0) is 14.6. The number of aromatic nitrogens is 1. The summed E-state index contributed by atoms with van der Waals surface area (Å²) >= 11 is 0. The fourth-order valence-electron chi connectivity index (χ4n) is 2.20. The highest BCUT2D eigenvalue weighted by Crippen LogP contribution is 2.21. The third kappa shape index (κ3) is 6.34. The van der Waals surface area contributed by atoms with Gasteiger partial charge in [-0.1, -0.05) is 20.8 Å². The molecule has 0 aliphatic heterocycles. The van der Waals surface area contributed by atoms with Crippen molar-refractivity contribution in [3.8, 4) is 0 Å². The SMILES string of the molecule is Cc1cc(C)nc(NC(=O)CC(N)CC(C)(C)C)c1. The highest BCUT2D eigenvalue weighted by molar-refractivity contribution is 5.90. The Morgan fingerprint density at radius 3 is 2.53 bits per heavy atom. The predicted octanol–water partition coefficient (Wildman–Crippen LogP) is 2.79. The van der Waals surface area contributed by atoms with E-state index in [0.717, 1.165) is 17.7 Å². The molecule has 4 nitrogen and oxygen atoms in total. The first-order chi connectivity index (χ1) is 8.65. The second-order valence-electron chi connectivity index (χ2n) is 6.45. The Bertz CT molecular complexity index is 429. The molecular formula is C15H25N3O. The molecule has 3 N–H and O–H groups in total. The van der Waals surface area contributed by atoms with Gasteiger partial charge in [0.25, 0.3) is 0 Å². The van der Waals surface area contributed by atoms with Crippen molar-refractivity contribution >= 4 is 11.7 Å².